The Hall–Kier alpha value is -5.44. The second kappa shape index (κ2) is 10.6. The number of hydrogen-bond acceptors (Lipinski definition) is 7. The van der Waals surface area contributed by atoms with Gasteiger partial charge in [0.05, 0.1) is 30.6 Å². The van der Waals surface area contributed by atoms with Crippen LogP contribution in [0.15, 0.2) is 90.1 Å². The van der Waals surface area contributed by atoms with Crippen molar-refractivity contribution >= 4 is 33.3 Å². The molecule has 0 radical (unpaired) electrons. The van der Waals surface area contributed by atoms with Crippen LogP contribution in [0.3, 0.4) is 0 Å². The van der Waals surface area contributed by atoms with Gasteiger partial charge in [-0.2, -0.15) is 0 Å². The molecule has 204 valence electrons. The van der Waals surface area contributed by atoms with E-state index in [9.17, 15) is 4.79 Å². The quantitative estimate of drug-likeness (QED) is 0.219. The Labute approximate surface area is 234 Å². The van der Waals surface area contributed by atoms with Crippen LogP contribution in [-0.4, -0.2) is 29.2 Å². The zero-order chi connectivity index (χ0) is 28.5. The minimum absolute atomic E-state index is 0.0169. The van der Waals surface area contributed by atoms with Crippen molar-refractivity contribution in [3.63, 3.8) is 0 Å². The Morgan fingerprint density at radius 3 is 2.44 bits per heavy atom. The van der Waals surface area contributed by atoms with Gasteiger partial charge in [0, 0.05) is 47.4 Å². The standard InChI is InChI=1S/C32H25FN4O4/c1-18-5-4-6-19(13-18)22-17-36-24-9-11-35-32(30(24)31(22)38)37-20-7-8-27(23(33)14-20)41-26-10-12-34-25-16-29(40-3)28(39-2)15-21(25)26/h4-17H,1-3H3,(H,35,37)(H,36,38). The maximum Gasteiger partial charge on any atom is 0.200 e. The molecule has 3 heterocycles. The summed E-state index contributed by atoms with van der Waals surface area (Å²) < 4.78 is 32.0. The molecule has 0 spiro atoms. The Balaban J connectivity index is 1.33. The number of H-pyrrole nitrogens is 1. The van der Waals surface area contributed by atoms with Gasteiger partial charge in [-0.15, -0.1) is 0 Å². The molecular weight excluding hydrogens is 523 g/mol. The van der Waals surface area contributed by atoms with Crippen molar-refractivity contribution in [2.45, 2.75) is 6.92 Å². The number of nitrogens with zero attached hydrogens (tertiary/aromatic N) is 2. The minimum Gasteiger partial charge on any atom is -0.493 e. The molecule has 6 rings (SSSR count). The minimum atomic E-state index is -0.602. The number of aryl methyl sites for hydroxylation is 1. The second-order valence-corrected chi connectivity index (χ2v) is 9.39. The van der Waals surface area contributed by atoms with E-state index in [-0.39, 0.29) is 11.2 Å². The Morgan fingerprint density at radius 1 is 0.854 bits per heavy atom. The lowest BCUT2D eigenvalue weighted by atomic mass is 10.0. The molecule has 0 unspecified atom stereocenters. The SMILES string of the molecule is COc1cc2nccc(Oc3ccc(Nc4nccc5[nH]cc(-c6cccc(C)c6)c(=O)c45)cc3F)c2cc1OC. The molecule has 0 saturated heterocycles. The van der Waals surface area contributed by atoms with Crippen LogP contribution in [0.5, 0.6) is 23.0 Å². The molecule has 0 fully saturated rings. The molecule has 0 aliphatic heterocycles. The zero-order valence-electron chi connectivity index (χ0n) is 22.5. The summed E-state index contributed by atoms with van der Waals surface area (Å²) in [7, 11) is 3.08. The third kappa shape index (κ3) is 4.89. The summed E-state index contributed by atoms with van der Waals surface area (Å²) in [5.41, 5.74) is 3.81. The van der Waals surface area contributed by atoms with Crippen molar-refractivity contribution in [1.29, 1.82) is 0 Å². The lowest BCUT2D eigenvalue weighted by Crippen LogP contribution is -2.10. The highest BCUT2D eigenvalue weighted by molar-refractivity contribution is 5.93. The molecule has 0 aliphatic rings. The number of fused-ring (bicyclic) bond motifs is 2. The molecule has 0 aliphatic carbocycles. The number of anilines is 2. The van der Waals surface area contributed by atoms with Crippen LogP contribution in [0, 0.1) is 12.7 Å². The molecule has 41 heavy (non-hydrogen) atoms. The number of aromatic nitrogens is 3. The van der Waals surface area contributed by atoms with Crippen molar-refractivity contribution in [3.05, 3.63) is 107 Å². The average molecular weight is 549 g/mol. The molecule has 3 aromatic heterocycles. The summed E-state index contributed by atoms with van der Waals surface area (Å²) in [6.45, 7) is 1.97. The third-order valence-electron chi connectivity index (χ3n) is 6.75. The van der Waals surface area contributed by atoms with E-state index < -0.39 is 5.82 Å². The Bertz CT molecular complexity index is 1990. The molecule has 0 amide bonds. The lowest BCUT2D eigenvalue weighted by molar-refractivity contribution is 0.355. The number of hydrogen-bond donors (Lipinski definition) is 2. The number of ether oxygens (including phenoxy) is 3. The van der Waals surface area contributed by atoms with Crippen LogP contribution < -0.4 is 25.0 Å². The first-order chi connectivity index (χ1) is 19.9. The van der Waals surface area contributed by atoms with Gasteiger partial charge >= 0.3 is 0 Å². The molecule has 0 saturated carbocycles. The maximum absolute atomic E-state index is 15.3. The van der Waals surface area contributed by atoms with Gasteiger partial charge in [0.2, 0.25) is 5.43 Å². The van der Waals surface area contributed by atoms with Crippen molar-refractivity contribution in [2.75, 3.05) is 19.5 Å². The second-order valence-electron chi connectivity index (χ2n) is 9.39. The van der Waals surface area contributed by atoms with Gasteiger partial charge < -0.3 is 24.5 Å². The van der Waals surface area contributed by atoms with E-state index >= 15 is 4.39 Å². The van der Waals surface area contributed by atoms with Crippen molar-refractivity contribution in [2.24, 2.45) is 0 Å². The van der Waals surface area contributed by atoms with E-state index in [1.54, 1.807) is 56.0 Å². The first-order valence-electron chi connectivity index (χ1n) is 12.8. The first kappa shape index (κ1) is 25.8. The lowest BCUT2D eigenvalue weighted by Gasteiger charge is -2.14. The fraction of sp³-hybridized carbons (Fsp3) is 0.0938. The maximum atomic E-state index is 15.3. The molecule has 3 aromatic carbocycles. The summed E-state index contributed by atoms with van der Waals surface area (Å²) in [6.07, 6.45) is 4.86. The predicted molar refractivity (Wildman–Crippen MR) is 157 cm³/mol. The van der Waals surface area contributed by atoms with E-state index in [1.165, 1.54) is 19.2 Å². The average Bonchev–Trinajstić information content (AvgIpc) is 2.98. The topological polar surface area (TPSA) is 98.4 Å². The van der Waals surface area contributed by atoms with Crippen LogP contribution >= 0.6 is 0 Å². The number of aromatic amines is 1. The number of benzene rings is 3. The molecule has 0 bridgehead atoms. The van der Waals surface area contributed by atoms with E-state index in [1.807, 2.05) is 31.2 Å². The van der Waals surface area contributed by atoms with Gasteiger partial charge in [0.1, 0.15) is 11.6 Å². The van der Waals surface area contributed by atoms with Crippen LogP contribution in [0.2, 0.25) is 0 Å². The summed E-state index contributed by atoms with van der Waals surface area (Å²) >= 11 is 0. The van der Waals surface area contributed by atoms with Crippen molar-refractivity contribution < 1.29 is 18.6 Å². The fourth-order valence-electron chi connectivity index (χ4n) is 4.74. The highest BCUT2D eigenvalue weighted by atomic mass is 19.1. The summed E-state index contributed by atoms with van der Waals surface area (Å²) in [4.78, 5) is 25.5. The third-order valence-corrected chi connectivity index (χ3v) is 6.75. The van der Waals surface area contributed by atoms with E-state index in [2.05, 4.69) is 20.3 Å². The molecule has 9 heteroatoms. The predicted octanol–water partition coefficient (Wildman–Crippen LogP) is 7.14. The largest absolute Gasteiger partial charge is 0.493 e. The number of nitrogens with one attached hydrogen (secondary N) is 2. The molecule has 0 atom stereocenters. The van der Waals surface area contributed by atoms with E-state index in [0.29, 0.717) is 56.1 Å². The van der Waals surface area contributed by atoms with Gasteiger partial charge in [-0.3, -0.25) is 9.78 Å². The molecular formula is C32H25FN4O4. The number of rotatable bonds is 7. The smallest absolute Gasteiger partial charge is 0.200 e. The summed E-state index contributed by atoms with van der Waals surface area (Å²) in [5, 5.41) is 4.11. The van der Waals surface area contributed by atoms with Crippen LogP contribution in [0.4, 0.5) is 15.9 Å². The van der Waals surface area contributed by atoms with Gasteiger partial charge in [-0.05, 0) is 42.8 Å². The van der Waals surface area contributed by atoms with Crippen LogP contribution in [0.1, 0.15) is 5.56 Å². The summed E-state index contributed by atoms with van der Waals surface area (Å²) in [6, 6.07) is 19.0. The Morgan fingerprint density at radius 2 is 1.66 bits per heavy atom. The highest BCUT2D eigenvalue weighted by Crippen LogP contribution is 2.38. The summed E-state index contributed by atoms with van der Waals surface area (Å²) in [5.74, 6) is 1.16. The number of halogens is 1. The van der Waals surface area contributed by atoms with E-state index in [4.69, 9.17) is 14.2 Å². The molecule has 2 N–H and O–H groups in total. The zero-order valence-corrected chi connectivity index (χ0v) is 22.5. The van der Waals surface area contributed by atoms with E-state index in [0.717, 1.165) is 11.1 Å². The Kier molecular flexibility index (Phi) is 6.68. The molecule has 6 aromatic rings. The fourth-order valence-corrected chi connectivity index (χ4v) is 4.74. The van der Waals surface area contributed by atoms with Crippen molar-refractivity contribution in [1.82, 2.24) is 15.0 Å². The normalized spacial score (nSPS) is 11.0. The van der Waals surface area contributed by atoms with Crippen LogP contribution in [0.25, 0.3) is 32.9 Å². The first-order valence-corrected chi connectivity index (χ1v) is 12.8. The van der Waals surface area contributed by atoms with Crippen molar-refractivity contribution in [3.8, 4) is 34.1 Å². The molecule has 8 nitrogen and oxygen atoms in total. The number of methoxy groups -OCH3 is 2. The van der Waals surface area contributed by atoms with Gasteiger partial charge in [0.25, 0.3) is 0 Å². The van der Waals surface area contributed by atoms with Gasteiger partial charge in [0.15, 0.2) is 23.1 Å². The van der Waals surface area contributed by atoms with Crippen LogP contribution in [-0.2, 0) is 0 Å². The highest BCUT2D eigenvalue weighted by Gasteiger charge is 2.16. The monoisotopic (exact) mass is 548 g/mol. The van der Waals surface area contributed by atoms with Gasteiger partial charge in [-0.1, -0.05) is 29.8 Å². The number of pyridine rings is 3. The van der Waals surface area contributed by atoms with Gasteiger partial charge in [-0.25, -0.2) is 9.37 Å².